The van der Waals surface area contributed by atoms with E-state index in [2.05, 4.69) is 20.6 Å². The van der Waals surface area contributed by atoms with Crippen LogP contribution in [0.3, 0.4) is 0 Å². The Hall–Kier alpha value is -3.24. The van der Waals surface area contributed by atoms with E-state index in [-0.39, 0.29) is 24.5 Å². The number of nitrogens with one attached hydrogen (secondary N) is 2. The standard InChI is InChI=1S/C17H20F2N4O5/c1-17(2)14(25)23(16(26)21-17)7-6-13(24)22-20-9-10-4-5-11(28-15(18)19)12(8-10)27-3/h4-5,8-9,15H,6-7H2,1-3H3,(H,21,26)(H,22,24)/b20-9-. The number of ether oxygens (including phenoxy) is 2. The van der Waals surface area contributed by atoms with E-state index in [4.69, 9.17) is 4.74 Å². The highest BCUT2D eigenvalue weighted by Crippen LogP contribution is 2.28. The number of hydrogen-bond donors (Lipinski definition) is 2. The zero-order valence-electron chi connectivity index (χ0n) is 15.5. The topological polar surface area (TPSA) is 109 Å². The van der Waals surface area contributed by atoms with Gasteiger partial charge in [0.15, 0.2) is 11.5 Å². The summed E-state index contributed by atoms with van der Waals surface area (Å²) in [6.45, 7) is 0.0819. The molecular weight excluding hydrogens is 378 g/mol. The van der Waals surface area contributed by atoms with Gasteiger partial charge in [0.1, 0.15) is 5.54 Å². The van der Waals surface area contributed by atoms with Crippen LogP contribution >= 0.6 is 0 Å². The van der Waals surface area contributed by atoms with Crippen molar-refractivity contribution in [3.63, 3.8) is 0 Å². The number of urea groups is 1. The van der Waals surface area contributed by atoms with E-state index in [0.717, 1.165) is 4.90 Å². The number of carbonyl (C=O) groups is 3. The van der Waals surface area contributed by atoms with Crippen LogP contribution in [0.1, 0.15) is 25.8 Å². The van der Waals surface area contributed by atoms with Gasteiger partial charge >= 0.3 is 12.6 Å². The average Bonchev–Trinajstić information content (AvgIpc) is 2.81. The van der Waals surface area contributed by atoms with E-state index >= 15 is 0 Å². The predicted octanol–water partition coefficient (Wildman–Crippen LogP) is 1.47. The largest absolute Gasteiger partial charge is 0.493 e. The summed E-state index contributed by atoms with van der Waals surface area (Å²) >= 11 is 0. The van der Waals surface area contributed by atoms with Crippen LogP contribution in [0.2, 0.25) is 0 Å². The fraction of sp³-hybridized carbons (Fsp3) is 0.412. The highest BCUT2D eigenvalue weighted by atomic mass is 19.3. The highest BCUT2D eigenvalue weighted by Gasteiger charge is 2.43. The first-order valence-corrected chi connectivity index (χ1v) is 8.23. The quantitative estimate of drug-likeness (QED) is 0.392. The van der Waals surface area contributed by atoms with Crippen molar-refractivity contribution in [2.24, 2.45) is 5.10 Å². The fourth-order valence-corrected chi connectivity index (χ4v) is 2.43. The molecule has 0 bridgehead atoms. The lowest BCUT2D eigenvalue weighted by Crippen LogP contribution is -2.40. The Morgan fingerprint density at radius 3 is 2.64 bits per heavy atom. The Balaban J connectivity index is 1.88. The molecule has 1 heterocycles. The first-order chi connectivity index (χ1) is 13.1. The molecule has 0 radical (unpaired) electrons. The Labute approximate surface area is 159 Å². The van der Waals surface area contributed by atoms with Gasteiger partial charge in [-0.2, -0.15) is 13.9 Å². The van der Waals surface area contributed by atoms with Crippen LogP contribution in [0, 0.1) is 0 Å². The molecule has 152 valence electrons. The molecule has 1 aliphatic heterocycles. The van der Waals surface area contributed by atoms with Crippen LogP contribution in [0.5, 0.6) is 11.5 Å². The lowest BCUT2D eigenvalue weighted by molar-refractivity contribution is -0.130. The van der Waals surface area contributed by atoms with E-state index in [1.807, 2.05) is 0 Å². The molecule has 0 unspecified atom stereocenters. The summed E-state index contributed by atoms with van der Waals surface area (Å²) in [4.78, 5) is 36.6. The second-order valence-electron chi connectivity index (χ2n) is 6.34. The molecule has 0 aliphatic carbocycles. The van der Waals surface area contributed by atoms with Gasteiger partial charge in [0, 0.05) is 13.0 Å². The zero-order chi connectivity index (χ0) is 20.9. The van der Waals surface area contributed by atoms with Crippen molar-refractivity contribution in [1.82, 2.24) is 15.6 Å². The van der Waals surface area contributed by atoms with Crippen molar-refractivity contribution in [2.45, 2.75) is 32.4 Å². The summed E-state index contributed by atoms with van der Waals surface area (Å²) in [5.41, 5.74) is 1.73. The second kappa shape index (κ2) is 8.63. The summed E-state index contributed by atoms with van der Waals surface area (Å²) in [5.74, 6) is -0.968. The summed E-state index contributed by atoms with van der Waals surface area (Å²) in [5, 5.41) is 6.26. The van der Waals surface area contributed by atoms with Gasteiger partial charge in [-0.25, -0.2) is 10.2 Å². The number of alkyl halides is 2. The minimum absolute atomic E-state index is 0.0803. The van der Waals surface area contributed by atoms with Crippen molar-refractivity contribution in [1.29, 1.82) is 0 Å². The van der Waals surface area contributed by atoms with Gasteiger partial charge in [0.05, 0.1) is 13.3 Å². The maximum Gasteiger partial charge on any atom is 0.387 e. The molecular formula is C17H20F2N4O5. The molecule has 0 spiro atoms. The molecule has 0 saturated carbocycles. The van der Waals surface area contributed by atoms with Crippen molar-refractivity contribution < 1.29 is 32.6 Å². The maximum atomic E-state index is 12.3. The smallest absolute Gasteiger partial charge is 0.387 e. The van der Waals surface area contributed by atoms with E-state index < -0.39 is 30.0 Å². The van der Waals surface area contributed by atoms with Gasteiger partial charge in [0.2, 0.25) is 5.91 Å². The number of carbonyl (C=O) groups excluding carboxylic acids is 3. The summed E-state index contributed by atoms with van der Waals surface area (Å²) in [7, 11) is 1.30. The van der Waals surface area contributed by atoms with Gasteiger partial charge in [0.25, 0.3) is 5.91 Å². The number of hydrogen-bond acceptors (Lipinski definition) is 6. The van der Waals surface area contributed by atoms with E-state index in [9.17, 15) is 23.2 Å². The van der Waals surface area contributed by atoms with E-state index in [1.165, 1.54) is 31.5 Å². The molecule has 4 amide bonds. The first kappa shape index (κ1) is 21.1. The number of hydrazone groups is 1. The number of nitrogens with zero attached hydrogens (tertiary/aromatic N) is 2. The monoisotopic (exact) mass is 398 g/mol. The highest BCUT2D eigenvalue weighted by molar-refractivity contribution is 6.06. The minimum Gasteiger partial charge on any atom is -0.493 e. The Morgan fingerprint density at radius 2 is 2.07 bits per heavy atom. The van der Waals surface area contributed by atoms with E-state index in [1.54, 1.807) is 13.8 Å². The third-order valence-electron chi connectivity index (χ3n) is 3.81. The van der Waals surface area contributed by atoms with Crippen LogP contribution in [-0.4, -0.2) is 54.8 Å². The van der Waals surface area contributed by atoms with Gasteiger partial charge in [-0.1, -0.05) is 0 Å². The van der Waals surface area contributed by atoms with Gasteiger partial charge in [-0.3, -0.25) is 14.5 Å². The van der Waals surface area contributed by atoms with Crippen molar-refractivity contribution in [2.75, 3.05) is 13.7 Å². The fourth-order valence-electron chi connectivity index (χ4n) is 2.43. The molecule has 9 nitrogen and oxygen atoms in total. The molecule has 1 aromatic carbocycles. The maximum absolute atomic E-state index is 12.3. The van der Waals surface area contributed by atoms with Crippen molar-refractivity contribution in [3.05, 3.63) is 23.8 Å². The summed E-state index contributed by atoms with van der Waals surface area (Å²) in [6, 6.07) is 3.59. The number of benzene rings is 1. The number of halogens is 2. The lowest BCUT2D eigenvalue weighted by atomic mass is 10.1. The molecule has 1 aromatic rings. The molecule has 11 heteroatoms. The minimum atomic E-state index is -2.98. The molecule has 28 heavy (non-hydrogen) atoms. The number of amides is 4. The molecule has 0 atom stereocenters. The summed E-state index contributed by atoms with van der Waals surface area (Å²) in [6.07, 6.45) is 1.15. The van der Waals surface area contributed by atoms with Crippen LogP contribution in [0.15, 0.2) is 23.3 Å². The molecule has 1 aliphatic rings. The number of imide groups is 1. The van der Waals surface area contributed by atoms with Crippen LogP contribution in [0.4, 0.5) is 13.6 Å². The molecule has 0 aromatic heterocycles. The van der Waals surface area contributed by atoms with Gasteiger partial charge < -0.3 is 14.8 Å². The SMILES string of the molecule is COc1cc(/C=N\NC(=O)CCN2C(=O)NC(C)(C)C2=O)ccc1OC(F)F. The first-order valence-electron chi connectivity index (χ1n) is 8.23. The average molecular weight is 398 g/mol. The van der Waals surface area contributed by atoms with Gasteiger partial charge in [-0.05, 0) is 37.6 Å². The third kappa shape index (κ3) is 5.15. The Morgan fingerprint density at radius 1 is 1.36 bits per heavy atom. The van der Waals surface area contributed by atoms with Gasteiger partial charge in [-0.15, -0.1) is 0 Å². The Bertz CT molecular complexity index is 798. The second-order valence-corrected chi connectivity index (χ2v) is 6.34. The third-order valence-corrected chi connectivity index (χ3v) is 3.81. The number of methoxy groups -OCH3 is 1. The van der Waals surface area contributed by atoms with E-state index in [0.29, 0.717) is 5.56 Å². The lowest BCUT2D eigenvalue weighted by Gasteiger charge is -2.15. The van der Waals surface area contributed by atoms with Crippen molar-refractivity contribution >= 4 is 24.1 Å². The molecule has 1 saturated heterocycles. The van der Waals surface area contributed by atoms with Crippen LogP contribution < -0.4 is 20.2 Å². The Kier molecular flexibility index (Phi) is 6.49. The molecule has 2 N–H and O–H groups in total. The normalized spacial score (nSPS) is 15.9. The van der Waals surface area contributed by atoms with Crippen molar-refractivity contribution in [3.8, 4) is 11.5 Å². The van der Waals surface area contributed by atoms with Crippen LogP contribution in [0.25, 0.3) is 0 Å². The molecule has 2 rings (SSSR count). The van der Waals surface area contributed by atoms with Crippen LogP contribution in [-0.2, 0) is 9.59 Å². The summed E-state index contributed by atoms with van der Waals surface area (Å²) < 4.78 is 33.9. The molecule has 1 fully saturated rings. The predicted molar refractivity (Wildman–Crippen MR) is 94.3 cm³/mol. The zero-order valence-corrected chi connectivity index (χ0v) is 15.5. The number of rotatable bonds is 8.